The number of aliphatic hydroxyl groups excluding tert-OH is 1. The van der Waals surface area contributed by atoms with Gasteiger partial charge in [0.05, 0.1) is 12.6 Å². The molecule has 0 saturated carbocycles. The molecular weight excluding hydrogens is 240 g/mol. The van der Waals surface area contributed by atoms with Crippen molar-refractivity contribution in [3.63, 3.8) is 0 Å². The number of anilines is 1. The van der Waals surface area contributed by atoms with Gasteiger partial charge in [-0.3, -0.25) is 9.69 Å². The van der Waals surface area contributed by atoms with Gasteiger partial charge in [0.15, 0.2) is 0 Å². The molecule has 1 fully saturated rings. The normalized spacial score (nSPS) is 19.1. The van der Waals surface area contributed by atoms with Crippen LogP contribution in [0.2, 0.25) is 0 Å². The Morgan fingerprint density at radius 3 is 2.58 bits per heavy atom. The summed E-state index contributed by atoms with van der Waals surface area (Å²) in [5.41, 5.74) is 0.839. The fourth-order valence-electron chi connectivity index (χ4n) is 2.52. The van der Waals surface area contributed by atoms with Crippen molar-refractivity contribution < 1.29 is 9.90 Å². The molecule has 2 N–H and O–H groups in total. The third kappa shape index (κ3) is 4.33. The number of carbonyl (C=O) groups is 1. The SMILES string of the molecule is CC(O)C1CCN(CC(=O)Nc2ccccc2)CC1. The first kappa shape index (κ1) is 14.0. The number of aliphatic hydroxyl groups is 1. The van der Waals surface area contributed by atoms with Gasteiger partial charge in [-0.15, -0.1) is 0 Å². The van der Waals surface area contributed by atoms with Crippen LogP contribution >= 0.6 is 0 Å². The third-order valence-electron chi connectivity index (χ3n) is 3.74. The van der Waals surface area contributed by atoms with E-state index in [0.29, 0.717) is 12.5 Å². The van der Waals surface area contributed by atoms with Crippen LogP contribution in [0.5, 0.6) is 0 Å². The largest absolute Gasteiger partial charge is 0.393 e. The maximum Gasteiger partial charge on any atom is 0.238 e. The molecule has 1 aliphatic rings. The van der Waals surface area contributed by atoms with Crippen LogP contribution in [0, 0.1) is 5.92 Å². The van der Waals surface area contributed by atoms with Crippen molar-refractivity contribution in [3.8, 4) is 0 Å². The minimum absolute atomic E-state index is 0.0293. The molecular formula is C15H22N2O2. The molecule has 0 radical (unpaired) electrons. The van der Waals surface area contributed by atoms with Gasteiger partial charge in [-0.25, -0.2) is 0 Å². The van der Waals surface area contributed by atoms with Gasteiger partial charge < -0.3 is 10.4 Å². The van der Waals surface area contributed by atoms with E-state index in [9.17, 15) is 9.90 Å². The van der Waals surface area contributed by atoms with Gasteiger partial charge in [0, 0.05) is 5.69 Å². The Morgan fingerprint density at radius 2 is 2.00 bits per heavy atom. The van der Waals surface area contributed by atoms with Gasteiger partial charge in [-0.05, 0) is 50.9 Å². The average molecular weight is 262 g/mol. The van der Waals surface area contributed by atoms with Crippen molar-refractivity contribution in [2.75, 3.05) is 25.0 Å². The second-order valence-corrected chi connectivity index (χ2v) is 5.27. The number of hydrogen-bond acceptors (Lipinski definition) is 3. The molecule has 1 unspecified atom stereocenters. The van der Waals surface area contributed by atoms with Crippen molar-refractivity contribution in [3.05, 3.63) is 30.3 Å². The maximum absolute atomic E-state index is 11.9. The molecule has 0 aromatic heterocycles. The standard InChI is InChI=1S/C15H22N2O2/c1-12(18)13-7-9-17(10-8-13)11-15(19)16-14-5-3-2-4-6-14/h2-6,12-13,18H,7-11H2,1H3,(H,16,19). The molecule has 1 heterocycles. The summed E-state index contributed by atoms with van der Waals surface area (Å²) >= 11 is 0. The van der Waals surface area contributed by atoms with Gasteiger partial charge in [0.1, 0.15) is 0 Å². The zero-order valence-corrected chi connectivity index (χ0v) is 11.4. The number of nitrogens with zero attached hydrogens (tertiary/aromatic N) is 1. The number of nitrogens with one attached hydrogen (secondary N) is 1. The molecule has 0 aliphatic carbocycles. The molecule has 104 valence electrons. The summed E-state index contributed by atoms with van der Waals surface area (Å²) in [5.74, 6) is 0.412. The lowest BCUT2D eigenvalue weighted by Crippen LogP contribution is -2.41. The minimum Gasteiger partial charge on any atom is -0.393 e. The van der Waals surface area contributed by atoms with E-state index in [-0.39, 0.29) is 12.0 Å². The Balaban J connectivity index is 1.75. The Hall–Kier alpha value is -1.39. The molecule has 1 amide bonds. The number of likely N-dealkylation sites (tertiary alicyclic amines) is 1. The first-order chi connectivity index (χ1) is 9.15. The molecule has 0 bridgehead atoms. The van der Waals surface area contributed by atoms with Crippen molar-refractivity contribution >= 4 is 11.6 Å². The van der Waals surface area contributed by atoms with Crippen LogP contribution in [0.25, 0.3) is 0 Å². The molecule has 1 aromatic carbocycles. The van der Waals surface area contributed by atoms with Crippen molar-refractivity contribution in [1.82, 2.24) is 4.90 Å². The summed E-state index contributed by atoms with van der Waals surface area (Å²) in [5, 5.41) is 12.4. The van der Waals surface area contributed by atoms with Crippen molar-refractivity contribution in [2.24, 2.45) is 5.92 Å². The number of hydrogen-bond donors (Lipinski definition) is 2. The zero-order valence-electron chi connectivity index (χ0n) is 11.4. The van der Waals surface area contributed by atoms with E-state index in [1.54, 1.807) is 0 Å². The van der Waals surface area contributed by atoms with E-state index in [2.05, 4.69) is 10.2 Å². The van der Waals surface area contributed by atoms with Crippen LogP contribution in [0.3, 0.4) is 0 Å². The van der Waals surface area contributed by atoms with Crippen molar-refractivity contribution in [1.29, 1.82) is 0 Å². The number of carbonyl (C=O) groups excluding carboxylic acids is 1. The Bertz CT molecular complexity index is 398. The number of amides is 1. The van der Waals surface area contributed by atoms with Gasteiger partial charge >= 0.3 is 0 Å². The second kappa shape index (κ2) is 6.68. The fraction of sp³-hybridized carbons (Fsp3) is 0.533. The van der Waals surface area contributed by atoms with E-state index >= 15 is 0 Å². The summed E-state index contributed by atoms with van der Waals surface area (Å²) in [4.78, 5) is 14.0. The summed E-state index contributed by atoms with van der Waals surface area (Å²) < 4.78 is 0. The van der Waals surface area contributed by atoms with Crippen LogP contribution in [0.15, 0.2) is 30.3 Å². The number of benzene rings is 1. The van der Waals surface area contributed by atoms with E-state index in [4.69, 9.17) is 0 Å². The molecule has 1 atom stereocenters. The van der Waals surface area contributed by atoms with Crippen LogP contribution < -0.4 is 5.32 Å². The minimum atomic E-state index is -0.236. The Morgan fingerprint density at radius 1 is 1.37 bits per heavy atom. The quantitative estimate of drug-likeness (QED) is 0.868. The highest BCUT2D eigenvalue weighted by atomic mass is 16.3. The Kier molecular flexibility index (Phi) is 4.93. The Labute approximate surface area is 114 Å². The van der Waals surface area contributed by atoms with E-state index in [1.807, 2.05) is 37.3 Å². The fourth-order valence-corrected chi connectivity index (χ4v) is 2.52. The maximum atomic E-state index is 11.9. The summed E-state index contributed by atoms with van der Waals surface area (Å²) in [6.07, 6.45) is 1.70. The predicted molar refractivity (Wildman–Crippen MR) is 75.9 cm³/mol. The van der Waals surface area contributed by atoms with E-state index in [1.165, 1.54) is 0 Å². The molecule has 0 spiro atoms. The number of piperidine rings is 1. The predicted octanol–water partition coefficient (Wildman–Crippen LogP) is 1.72. The summed E-state index contributed by atoms with van der Waals surface area (Å²) in [6.45, 7) is 4.05. The average Bonchev–Trinajstić information content (AvgIpc) is 2.40. The lowest BCUT2D eigenvalue weighted by molar-refractivity contribution is -0.117. The van der Waals surface area contributed by atoms with Crippen LogP contribution in [0.1, 0.15) is 19.8 Å². The van der Waals surface area contributed by atoms with Gasteiger partial charge in [-0.2, -0.15) is 0 Å². The molecule has 4 heteroatoms. The highest BCUT2D eigenvalue weighted by Gasteiger charge is 2.23. The molecule has 2 rings (SSSR count). The van der Waals surface area contributed by atoms with Gasteiger partial charge in [0.25, 0.3) is 0 Å². The first-order valence-electron chi connectivity index (χ1n) is 6.90. The topological polar surface area (TPSA) is 52.6 Å². The molecule has 19 heavy (non-hydrogen) atoms. The second-order valence-electron chi connectivity index (χ2n) is 5.27. The molecule has 1 saturated heterocycles. The summed E-state index contributed by atoms with van der Waals surface area (Å²) in [6, 6.07) is 9.51. The van der Waals surface area contributed by atoms with Crippen LogP contribution in [-0.2, 0) is 4.79 Å². The lowest BCUT2D eigenvalue weighted by atomic mass is 9.92. The lowest BCUT2D eigenvalue weighted by Gasteiger charge is -2.32. The van der Waals surface area contributed by atoms with Crippen LogP contribution in [-0.4, -0.2) is 41.7 Å². The number of para-hydroxylation sites is 1. The van der Waals surface area contributed by atoms with Gasteiger partial charge in [-0.1, -0.05) is 18.2 Å². The zero-order chi connectivity index (χ0) is 13.7. The molecule has 1 aromatic rings. The van der Waals surface area contributed by atoms with E-state index < -0.39 is 0 Å². The molecule has 1 aliphatic heterocycles. The number of rotatable bonds is 4. The first-order valence-corrected chi connectivity index (χ1v) is 6.90. The third-order valence-corrected chi connectivity index (χ3v) is 3.74. The van der Waals surface area contributed by atoms with E-state index in [0.717, 1.165) is 31.6 Å². The summed E-state index contributed by atoms with van der Waals surface area (Å²) in [7, 11) is 0. The smallest absolute Gasteiger partial charge is 0.238 e. The highest BCUT2D eigenvalue weighted by molar-refractivity contribution is 5.92. The highest BCUT2D eigenvalue weighted by Crippen LogP contribution is 2.20. The van der Waals surface area contributed by atoms with Crippen molar-refractivity contribution in [2.45, 2.75) is 25.9 Å². The monoisotopic (exact) mass is 262 g/mol. The van der Waals surface area contributed by atoms with Crippen LogP contribution in [0.4, 0.5) is 5.69 Å². The van der Waals surface area contributed by atoms with Gasteiger partial charge in [0.2, 0.25) is 5.91 Å². The molecule has 4 nitrogen and oxygen atoms in total.